The number of hydrogen-bond acceptors (Lipinski definition) is 4. The summed E-state index contributed by atoms with van der Waals surface area (Å²) < 4.78 is 50.5. The smallest absolute Gasteiger partial charge is 0.235 e. The predicted molar refractivity (Wildman–Crippen MR) is 128 cm³/mol. The molecule has 0 radical (unpaired) electrons. The van der Waals surface area contributed by atoms with E-state index in [1.54, 1.807) is 38.1 Å². The van der Waals surface area contributed by atoms with E-state index in [1.165, 1.54) is 4.31 Å². The van der Waals surface area contributed by atoms with Crippen molar-refractivity contribution in [3.63, 3.8) is 0 Å². The van der Waals surface area contributed by atoms with Gasteiger partial charge in [0.05, 0.1) is 23.7 Å². The predicted octanol–water partition coefficient (Wildman–Crippen LogP) is 4.49. The van der Waals surface area contributed by atoms with E-state index in [9.17, 15) is 16.8 Å². The van der Waals surface area contributed by atoms with Crippen molar-refractivity contribution in [2.24, 2.45) is 0 Å². The lowest BCUT2D eigenvalue weighted by molar-refractivity contribution is 0.591. The maximum atomic E-state index is 12.2. The largest absolute Gasteiger partial charge is 0.284 e. The summed E-state index contributed by atoms with van der Waals surface area (Å²) in [4.78, 5) is 0. The van der Waals surface area contributed by atoms with Crippen LogP contribution in [0.2, 0.25) is 0 Å². The normalized spacial score (nSPS) is 11.2. The van der Waals surface area contributed by atoms with E-state index in [0.29, 0.717) is 17.9 Å². The number of para-hydroxylation sites is 2. The van der Waals surface area contributed by atoms with Gasteiger partial charge in [-0.25, -0.2) is 16.8 Å². The van der Waals surface area contributed by atoms with Crippen LogP contribution in [-0.4, -0.2) is 28.3 Å². The maximum absolute atomic E-state index is 12.2. The number of rotatable bonds is 8. The number of anilines is 2. The second-order valence-corrected chi connectivity index (χ2v) is 10.8. The van der Waals surface area contributed by atoms with Crippen LogP contribution in [0, 0.1) is 0 Å². The Bertz CT molecular complexity index is 1120. The van der Waals surface area contributed by atoms with Gasteiger partial charge >= 0.3 is 0 Å². The minimum atomic E-state index is -3.28. The van der Waals surface area contributed by atoms with Crippen LogP contribution in [0.3, 0.4) is 0 Å². The minimum Gasteiger partial charge on any atom is -0.284 e. The summed E-state index contributed by atoms with van der Waals surface area (Å²) in [6.07, 6.45) is 0. The Morgan fingerprint density at radius 3 is 1.65 bits per heavy atom. The summed E-state index contributed by atoms with van der Waals surface area (Å²) in [6.45, 7) is 3.63. The first-order valence-electron chi connectivity index (χ1n) is 9.92. The van der Waals surface area contributed by atoms with Gasteiger partial charge in [-0.1, -0.05) is 66.7 Å². The number of sulfonamides is 2. The van der Waals surface area contributed by atoms with E-state index in [4.69, 9.17) is 0 Å². The lowest BCUT2D eigenvalue weighted by Gasteiger charge is -2.23. The molecule has 0 aromatic heterocycles. The third-order valence-corrected chi connectivity index (χ3v) is 7.39. The highest BCUT2D eigenvalue weighted by Gasteiger charge is 2.20. The summed E-state index contributed by atoms with van der Waals surface area (Å²) in [5.74, 6) is 0.191. The van der Waals surface area contributed by atoms with Crippen LogP contribution in [0.5, 0.6) is 0 Å². The fraction of sp³-hybridized carbons (Fsp3) is 0.217. The van der Waals surface area contributed by atoms with E-state index in [0.717, 1.165) is 5.56 Å². The maximum Gasteiger partial charge on any atom is 0.235 e. The van der Waals surface area contributed by atoms with Crippen molar-refractivity contribution in [1.29, 1.82) is 0 Å². The van der Waals surface area contributed by atoms with Crippen molar-refractivity contribution in [2.75, 3.05) is 20.5 Å². The number of nitrogens with one attached hydrogen (secondary N) is 1. The Morgan fingerprint density at radius 1 is 0.677 bits per heavy atom. The van der Waals surface area contributed by atoms with Gasteiger partial charge in [-0.15, -0.1) is 0 Å². The zero-order valence-electron chi connectivity index (χ0n) is 17.7. The third-order valence-electron chi connectivity index (χ3n) is 4.34. The van der Waals surface area contributed by atoms with Gasteiger partial charge in [0.2, 0.25) is 20.0 Å². The number of benzene rings is 3. The van der Waals surface area contributed by atoms with Crippen LogP contribution in [0.1, 0.15) is 19.4 Å². The molecule has 0 saturated heterocycles. The topological polar surface area (TPSA) is 83.6 Å². The Balaban J connectivity index is 0.000000245. The zero-order valence-corrected chi connectivity index (χ0v) is 19.3. The standard InChI is InChI=1S/C15H17NO2S.C8H11NO2S/c1-2-19(17,18)16(15-11-7-4-8-12-15)13-14-9-5-3-6-10-14;1-2-12(10,11)9-8-6-4-3-5-7-8/h3-12H,2,13H2,1H3;3-7,9H,2H2,1H3. The van der Waals surface area contributed by atoms with Crippen LogP contribution in [0.15, 0.2) is 91.0 Å². The molecule has 0 aliphatic heterocycles. The van der Waals surface area contributed by atoms with Crippen molar-refractivity contribution in [2.45, 2.75) is 20.4 Å². The Hall–Kier alpha value is -2.84. The number of hydrogen-bond donors (Lipinski definition) is 1. The lowest BCUT2D eigenvalue weighted by Crippen LogP contribution is -2.31. The molecule has 0 aliphatic rings. The molecule has 166 valence electrons. The van der Waals surface area contributed by atoms with Crippen LogP contribution in [0.25, 0.3) is 0 Å². The molecule has 31 heavy (non-hydrogen) atoms. The van der Waals surface area contributed by atoms with Crippen molar-refractivity contribution >= 4 is 31.4 Å². The van der Waals surface area contributed by atoms with E-state index in [1.807, 2.05) is 66.7 Å². The highest BCUT2D eigenvalue weighted by atomic mass is 32.2. The monoisotopic (exact) mass is 460 g/mol. The molecule has 3 aromatic carbocycles. The van der Waals surface area contributed by atoms with Gasteiger partial charge < -0.3 is 0 Å². The van der Waals surface area contributed by atoms with E-state index < -0.39 is 20.0 Å². The molecule has 3 aromatic rings. The van der Waals surface area contributed by atoms with Crippen molar-refractivity contribution < 1.29 is 16.8 Å². The molecule has 8 heteroatoms. The Labute approximate surface area is 185 Å². The second-order valence-electron chi connectivity index (χ2n) is 6.60. The highest BCUT2D eigenvalue weighted by Crippen LogP contribution is 2.20. The van der Waals surface area contributed by atoms with Gasteiger partial charge in [0.25, 0.3) is 0 Å². The first-order chi connectivity index (χ1) is 14.8. The van der Waals surface area contributed by atoms with Crippen molar-refractivity contribution in [3.8, 4) is 0 Å². The van der Waals surface area contributed by atoms with E-state index in [-0.39, 0.29) is 11.5 Å². The van der Waals surface area contributed by atoms with Gasteiger partial charge in [0.15, 0.2) is 0 Å². The second kappa shape index (κ2) is 11.5. The molecule has 0 saturated carbocycles. The summed E-state index contributed by atoms with van der Waals surface area (Å²) in [7, 11) is -6.40. The lowest BCUT2D eigenvalue weighted by atomic mass is 10.2. The van der Waals surface area contributed by atoms with Crippen molar-refractivity contribution in [3.05, 3.63) is 96.6 Å². The molecule has 0 heterocycles. The fourth-order valence-electron chi connectivity index (χ4n) is 2.61. The first kappa shape index (κ1) is 24.4. The van der Waals surface area contributed by atoms with Crippen LogP contribution >= 0.6 is 0 Å². The highest BCUT2D eigenvalue weighted by molar-refractivity contribution is 7.92. The molecule has 3 rings (SSSR count). The van der Waals surface area contributed by atoms with Crippen LogP contribution < -0.4 is 9.03 Å². The first-order valence-corrected chi connectivity index (χ1v) is 13.2. The molecule has 0 spiro atoms. The minimum absolute atomic E-state index is 0.0920. The average Bonchev–Trinajstić information content (AvgIpc) is 2.79. The van der Waals surface area contributed by atoms with Crippen LogP contribution in [0.4, 0.5) is 11.4 Å². The van der Waals surface area contributed by atoms with Gasteiger partial charge in [-0.05, 0) is 43.7 Å². The van der Waals surface area contributed by atoms with Gasteiger partial charge in [0.1, 0.15) is 0 Å². The van der Waals surface area contributed by atoms with E-state index in [2.05, 4.69) is 4.72 Å². The van der Waals surface area contributed by atoms with Crippen molar-refractivity contribution in [1.82, 2.24) is 0 Å². The summed E-state index contributed by atoms with van der Waals surface area (Å²) in [5.41, 5.74) is 2.29. The molecule has 6 nitrogen and oxygen atoms in total. The Morgan fingerprint density at radius 2 is 1.16 bits per heavy atom. The molecule has 0 unspecified atom stereocenters. The third kappa shape index (κ3) is 8.07. The molecule has 0 fully saturated rings. The summed E-state index contributed by atoms with van der Waals surface area (Å²) in [5, 5.41) is 0. The molecular weight excluding hydrogens is 432 g/mol. The molecule has 1 N–H and O–H groups in total. The van der Waals surface area contributed by atoms with Gasteiger partial charge in [-0.3, -0.25) is 9.03 Å². The van der Waals surface area contributed by atoms with Gasteiger partial charge in [0, 0.05) is 5.69 Å². The Kier molecular flexibility index (Phi) is 9.08. The van der Waals surface area contributed by atoms with Gasteiger partial charge in [-0.2, -0.15) is 0 Å². The molecule has 0 aliphatic carbocycles. The quantitative estimate of drug-likeness (QED) is 0.537. The molecular formula is C23H28N2O4S2. The zero-order chi connectivity index (χ0) is 22.7. The van der Waals surface area contributed by atoms with Crippen LogP contribution in [-0.2, 0) is 26.6 Å². The number of nitrogens with zero attached hydrogens (tertiary/aromatic N) is 1. The average molecular weight is 461 g/mol. The summed E-state index contributed by atoms with van der Waals surface area (Å²) in [6, 6.07) is 27.7. The molecule has 0 bridgehead atoms. The van der Waals surface area contributed by atoms with E-state index >= 15 is 0 Å². The molecule has 0 amide bonds. The summed E-state index contributed by atoms with van der Waals surface area (Å²) >= 11 is 0. The fourth-order valence-corrected chi connectivity index (χ4v) is 4.35. The SMILES string of the molecule is CCS(=O)(=O)N(Cc1ccccc1)c1ccccc1.CCS(=O)(=O)Nc1ccccc1. The molecule has 0 atom stereocenters.